The van der Waals surface area contributed by atoms with Gasteiger partial charge in [0.1, 0.15) is 15.6 Å². The van der Waals surface area contributed by atoms with Gasteiger partial charge in [0.05, 0.1) is 12.9 Å². The second-order valence-corrected chi connectivity index (χ2v) is 7.03. The summed E-state index contributed by atoms with van der Waals surface area (Å²) in [7, 11) is 0.561. The normalized spacial score (nSPS) is 13.5. The van der Waals surface area contributed by atoms with Crippen molar-refractivity contribution in [2.75, 3.05) is 39.3 Å². The first-order chi connectivity index (χ1) is 8.81. The minimum Gasteiger partial charge on any atom is -0.497 e. The first-order valence-electron chi connectivity index (χ1n) is 6.07. The number of likely N-dealkylation sites (N-methyl/N-ethyl adjacent to an activating group) is 1. The molecule has 0 fully saturated rings. The fraction of sp³-hybridized carbons (Fsp3) is 0.538. The number of nitrogens with zero attached hydrogens (tertiary/aromatic N) is 1. The molecule has 0 bridgehead atoms. The first kappa shape index (κ1) is 15.9. The van der Waals surface area contributed by atoms with Gasteiger partial charge in [0.15, 0.2) is 0 Å². The average molecular weight is 286 g/mol. The smallest absolute Gasteiger partial charge is 0.148 e. The molecule has 0 saturated carbocycles. The summed E-state index contributed by atoms with van der Waals surface area (Å²) in [5.74, 6) is 0.945. The van der Waals surface area contributed by atoms with Gasteiger partial charge in [0.25, 0.3) is 0 Å². The zero-order valence-corrected chi connectivity index (χ0v) is 12.5. The molecule has 1 unspecified atom stereocenters. The van der Waals surface area contributed by atoms with Crippen LogP contribution in [0.3, 0.4) is 0 Å². The Morgan fingerprint density at radius 3 is 2.37 bits per heavy atom. The van der Waals surface area contributed by atoms with Crippen LogP contribution in [0.5, 0.6) is 5.75 Å². The van der Waals surface area contributed by atoms with E-state index >= 15 is 0 Å². The third-order valence-electron chi connectivity index (χ3n) is 2.90. The summed E-state index contributed by atoms with van der Waals surface area (Å²) in [6.45, 7) is 1.10. The minimum atomic E-state index is -2.93. The molecule has 2 N–H and O–H groups in total. The van der Waals surface area contributed by atoms with Crippen LogP contribution in [0.2, 0.25) is 0 Å². The number of hydrogen-bond acceptors (Lipinski definition) is 5. The Labute approximate surface area is 115 Å². The molecular weight excluding hydrogens is 264 g/mol. The van der Waals surface area contributed by atoms with Crippen molar-refractivity contribution in [3.05, 3.63) is 29.8 Å². The highest BCUT2D eigenvalue weighted by atomic mass is 32.2. The van der Waals surface area contributed by atoms with Gasteiger partial charge in [0.2, 0.25) is 0 Å². The fourth-order valence-corrected chi connectivity index (χ4v) is 2.35. The van der Waals surface area contributed by atoms with Gasteiger partial charge in [-0.1, -0.05) is 12.1 Å². The van der Waals surface area contributed by atoms with Crippen molar-refractivity contribution in [2.24, 2.45) is 5.73 Å². The first-order valence-corrected chi connectivity index (χ1v) is 8.13. The van der Waals surface area contributed by atoms with E-state index in [0.29, 0.717) is 13.1 Å². The van der Waals surface area contributed by atoms with Crippen LogP contribution >= 0.6 is 0 Å². The number of hydrogen-bond donors (Lipinski definition) is 1. The van der Waals surface area contributed by atoms with Crippen LogP contribution in [0.1, 0.15) is 11.6 Å². The van der Waals surface area contributed by atoms with Crippen LogP contribution in [0.4, 0.5) is 0 Å². The average Bonchev–Trinajstić information content (AvgIpc) is 2.35. The van der Waals surface area contributed by atoms with Gasteiger partial charge in [-0.2, -0.15) is 0 Å². The number of nitrogens with two attached hydrogens (primary N) is 1. The minimum absolute atomic E-state index is 0.143. The van der Waals surface area contributed by atoms with Gasteiger partial charge < -0.3 is 15.4 Å². The summed E-state index contributed by atoms with van der Waals surface area (Å²) in [4.78, 5) is 1.93. The van der Waals surface area contributed by atoms with Gasteiger partial charge in [0, 0.05) is 25.4 Å². The number of benzene rings is 1. The van der Waals surface area contributed by atoms with Crippen LogP contribution in [0, 0.1) is 0 Å². The van der Waals surface area contributed by atoms with Crippen molar-refractivity contribution in [3.63, 3.8) is 0 Å². The lowest BCUT2D eigenvalue weighted by molar-refractivity contribution is 0.329. The molecule has 0 radical (unpaired) electrons. The Bertz CT molecular complexity index is 485. The molecule has 19 heavy (non-hydrogen) atoms. The summed E-state index contributed by atoms with van der Waals surface area (Å²) in [5.41, 5.74) is 7.10. The molecule has 5 nitrogen and oxygen atoms in total. The Morgan fingerprint density at radius 2 is 1.89 bits per heavy atom. The number of rotatable bonds is 7. The highest BCUT2D eigenvalue weighted by Gasteiger charge is 2.11. The van der Waals surface area contributed by atoms with Gasteiger partial charge in [-0.05, 0) is 24.7 Å². The molecule has 6 heteroatoms. The van der Waals surface area contributed by atoms with Crippen molar-refractivity contribution in [1.29, 1.82) is 0 Å². The largest absolute Gasteiger partial charge is 0.497 e. The Hall–Kier alpha value is -1.11. The topological polar surface area (TPSA) is 72.6 Å². The molecular formula is C13H22N2O3S. The molecule has 0 saturated heterocycles. The van der Waals surface area contributed by atoms with E-state index in [1.807, 2.05) is 36.2 Å². The highest BCUT2D eigenvalue weighted by Crippen LogP contribution is 2.16. The SMILES string of the molecule is COc1ccc(C(N)CN(C)CCS(C)(=O)=O)cc1. The molecule has 0 aliphatic rings. The lowest BCUT2D eigenvalue weighted by atomic mass is 10.1. The summed E-state index contributed by atoms with van der Waals surface area (Å²) in [6.07, 6.45) is 1.24. The van der Waals surface area contributed by atoms with Crippen LogP contribution in [0.15, 0.2) is 24.3 Å². The molecule has 1 rings (SSSR count). The molecule has 1 atom stereocenters. The Morgan fingerprint density at radius 1 is 1.32 bits per heavy atom. The van der Waals surface area contributed by atoms with Gasteiger partial charge in [-0.25, -0.2) is 8.42 Å². The zero-order chi connectivity index (χ0) is 14.5. The van der Waals surface area contributed by atoms with E-state index in [9.17, 15) is 8.42 Å². The van der Waals surface area contributed by atoms with Crippen molar-refractivity contribution >= 4 is 9.84 Å². The van der Waals surface area contributed by atoms with Crippen LogP contribution in [-0.2, 0) is 9.84 Å². The Kier molecular flexibility index (Phi) is 5.78. The van der Waals surface area contributed by atoms with Crippen LogP contribution in [0.25, 0.3) is 0 Å². The maximum atomic E-state index is 11.1. The van der Waals surface area contributed by atoms with E-state index in [1.54, 1.807) is 7.11 Å². The van der Waals surface area contributed by atoms with Gasteiger partial charge >= 0.3 is 0 Å². The third kappa shape index (κ3) is 6.04. The highest BCUT2D eigenvalue weighted by molar-refractivity contribution is 7.90. The number of methoxy groups -OCH3 is 1. The monoisotopic (exact) mass is 286 g/mol. The molecule has 1 aromatic carbocycles. The maximum Gasteiger partial charge on any atom is 0.148 e. The molecule has 0 aromatic heterocycles. The summed E-state index contributed by atoms with van der Waals surface area (Å²) < 4.78 is 27.3. The molecule has 1 aromatic rings. The van der Waals surface area contributed by atoms with Gasteiger partial charge in [-0.15, -0.1) is 0 Å². The number of sulfone groups is 1. The maximum absolute atomic E-state index is 11.1. The third-order valence-corrected chi connectivity index (χ3v) is 3.82. The second kappa shape index (κ2) is 6.88. The summed E-state index contributed by atoms with van der Waals surface area (Å²) >= 11 is 0. The molecule has 0 aliphatic heterocycles. The molecule has 0 heterocycles. The lowest BCUT2D eigenvalue weighted by Gasteiger charge is -2.21. The van der Waals surface area contributed by atoms with Crippen LogP contribution in [-0.4, -0.2) is 52.6 Å². The molecule has 0 amide bonds. The fourth-order valence-electron chi connectivity index (χ4n) is 1.71. The van der Waals surface area contributed by atoms with Crippen molar-refractivity contribution in [2.45, 2.75) is 6.04 Å². The van der Waals surface area contributed by atoms with E-state index in [1.165, 1.54) is 6.26 Å². The zero-order valence-electron chi connectivity index (χ0n) is 11.7. The molecule has 0 aliphatic carbocycles. The second-order valence-electron chi connectivity index (χ2n) is 4.77. The summed E-state index contributed by atoms with van der Waals surface area (Å²) in [6, 6.07) is 7.44. The van der Waals surface area contributed by atoms with Crippen molar-refractivity contribution in [3.8, 4) is 5.75 Å². The summed E-state index contributed by atoms with van der Waals surface area (Å²) in [5, 5.41) is 0. The standard InChI is InChI=1S/C13H22N2O3S/c1-15(8-9-19(3,16)17)10-13(14)11-4-6-12(18-2)7-5-11/h4-7,13H,8-10,14H2,1-3H3. The number of ether oxygens (including phenoxy) is 1. The van der Waals surface area contributed by atoms with Crippen molar-refractivity contribution in [1.82, 2.24) is 4.90 Å². The van der Waals surface area contributed by atoms with E-state index in [0.717, 1.165) is 11.3 Å². The predicted molar refractivity (Wildman–Crippen MR) is 77.1 cm³/mol. The van der Waals surface area contributed by atoms with Gasteiger partial charge in [-0.3, -0.25) is 0 Å². The Balaban J connectivity index is 2.51. The molecule has 0 spiro atoms. The van der Waals surface area contributed by atoms with Crippen LogP contribution < -0.4 is 10.5 Å². The predicted octanol–water partition coefficient (Wildman–Crippen LogP) is 0.671. The quantitative estimate of drug-likeness (QED) is 0.797. The van der Waals surface area contributed by atoms with E-state index in [2.05, 4.69) is 0 Å². The van der Waals surface area contributed by atoms with E-state index in [-0.39, 0.29) is 11.8 Å². The molecule has 108 valence electrons. The van der Waals surface area contributed by atoms with Crippen molar-refractivity contribution < 1.29 is 13.2 Å². The van der Waals surface area contributed by atoms with E-state index < -0.39 is 9.84 Å². The lowest BCUT2D eigenvalue weighted by Crippen LogP contribution is -2.32. The van der Waals surface area contributed by atoms with E-state index in [4.69, 9.17) is 10.5 Å².